The average Bonchev–Trinajstić information content (AvgIpc) is 3.11. The van der Waals surface area contributed by atoms with E-state index in [9.17, 15) is 4.39 Å². The van der Waals surface area contributed by atoms with E-state index in [1.54, 1.807) is 16.6 Å². The smallest absolute Gasteiger partial charge is 0.205 e. The van der Waals surface area contributed by atoms with Crippen molar-refractivity contribution in [1.29, 1.82) is 0 Å². The van der Waals surface area contributed by atoms with E-state index in [-0.39, 0.29) is 5.02 Å². The first-order valence-electron chi connectivity index (χ1n) is 6.45. The molecule has 2 aromatic heterocycles. The van der Waals surface area contributed by atoms with E-state index >= 15 is 0 Å². The summed E-state index contributed by atoms with van der Waals surface area (Å²) in [7, 11) is 0. The van der Waals surface area contributed by atoms with Crippen LogP contribution in [0.25, 0.3) is 26.9 Å². The Morgan fingerprint density at radius 3 is 2.59 bits per heavy atom. The Morgan fingerprint density at radius 2 is 1.82 bits per heavy atom. The summed E-state index contributed by atoms with van der Waals surface area (Å²) in [6.07, 6.45) is 0. The minimum absolute atomic E-state index is 0.0757. The summed E-state index contributed by atoms with van der Waals surface area (Å²) in [5, 5.41) is 13.6. The Labute approximate surface area is 133 Å². The van der Waals surface area contributed by atoms with Crippen LogP contribution in [-0.4, -0.2) is 19.8 Å². The van der Waals surface area contributed by atoms with Crippen molar-refractivity contribution in [2.24, 2.45) is 0 Å². The lowest BCUT2D eigenvalue weighted by molar-refractivity contribution is 0.628. The molecule has 108 valence electrons. The van der Waals surface area contributed by atoms with Crippen LogP contribution < -0.4 is 0 Å². The molecule has 0 spiro atoms. The van der Waals surface area contributed by atoms with Gasteiger partial charge in [0.05, 0.1) is 5.02 Å². The third-order valence-corrected chi connectivity index (χ3v) is 4.43. The quantitative estimate of drug-likeness (QED) is 0.550. The van der Waals surface area contributed by atoms with Gasteiger partial charge in [-0.05, 0) is 18.2 Å². The van der Waals surface area contributed by atoms with Gasteiger partial charge in [-0.1, -0.05) is 53.3 Å². The molecule has 2 heterocycles. The molecule has 22 heavy (non-hydrogen) atoms. The van der Waals surface area contributed by atoms with Gasteiger partial charge in [0.15, 0.2) is 5.82 Å². The second-order valence-electron chi connectivity index (χ2n) is 4.62. The first-order chi connectivity index (χ1) is 10.7. The van der Waals surface area contributed by atoms with E-state index in [0.717, 1.165) is 11.1 Å². The van der Waals surface area contributed by atoms with Gasteiger partial charge in [-0.3, -0.25) is 0 Å². The zero-order valence-electron chi connectivity index (χ0n) is 11.1. The van der Waals surface area contributed by atoms with E-state index in [1.807, 2.05) is 30.3 Å². The van der Waals surface area contributed by atoms with E-state index in [4.69, 9.17) is 11.6 Å². The monoisotopic (exact) mass is 330 g/mol. The van der Waals surface area contributed by atoms with Gasteiger partial charge in [0.1, 0.15) is 10.8 Å². The highest BCUT2D eigenvalue weighted by molar-refractivity contribution is 7.19. The van der Waals surface area contributed by atoms with Crippen molar-refractivity contribution in [2.45, 2.75) is 0 Å². The molecule has 0 radical (unpaired) electrons. The number of hydrogen-bond donors (Lipinski definition) is 0. The van der Waals surface area contributed by atoms with Crippen LogP contribution in [0.2, 0.25) is 5.02 Å². The van der Waals surface area contributed by atoms with Crippen molar-refractivity contribution in [1.82, 2.24) is 19.8 Å². The first kappa shape index (κ1) is 13.4. The molecule has 0 N–H and O–H groups in total. The fourth-order valence-corrected chi connectivity index (χ4v) is 3.15. The van der Waals surface area contributed by atoms with Crippen molar-refractivity contribution in [2.75, 3.05) is 0 Å². The Kier molecular flexibility index (Phi) is 3.13. The second kappa shape index (κ2) is 5.15. The summed E-state index contributed by atoms with van der Waals surface area (Å²) in [6, 6.07) is 14.2. The SMILES string of the molecule is Fc1ccc(-c2nn3c(-c4ccccc4)nnc3s2)cc1Cl. The van der Waals surface area contributed by atoms with Crippen LogP contribution in [0.15, 0.2) is 48.5 Å². The highest BCUT2D eigenvalue weighted by atomic mass is 35.5. The maximum Gasteiger partial charge on any atom is 0.235 e. The van der Waals surface area contributed by atoms with Crippen LogP contribution in [0.1, 0.15) is 0 Å². The molecular weight excluding hydrogens is 323 g/mol. The van der Waals surface area contributed by atoms with Crippen LogP contribution in [0.5, 0.6) is 0 Å². The Bertz CT molecular complexity index is 964. The largest absolute Gasteiger partial charge is 0.235 e. The predicted molar refractivity (Wildman–Crippen MR) is 84.5 cm³/mol. The van der Waals surface area contributed by atoms with Crippen LogP contribution in [0, 0.1) is 5.82 Å². The van der Waals surface area contributed by atoms with E-state index in [0.29, 0.717) is 15.8 Å². The van der Waals surface area contributed by atoms with Gasteiger partial charge in [0.2, 0.25) is 4.96 Å². The van der Waals surface area contributed by atoms with Crippen LogP contribution >= 0.6 is 22.9 Å². The zero-order valence-corrected chi connectivity index (χ0v) is 12.6. The lowest BCUT2D eigenvalue weighted by atomic mass is 10.2. The van der Waals surface area contributed by atoms with Gasteiger partial charge in [-0.15, -0.1) is 10.2 Å². The second-order valence-corrected chi connectivity index (χ2v) is 5.98. The molecule has 0 bridgehead atoms. The van der Waals surface area contributed by atoms with Gasteiger partial charge in [-0.2, -0.15) is 9.61 Å². The van der Waals surface area contributed by atoms with Gasteiger partial charge in [0.25, 0.3) is 0 Å². The third kappa shape index (κ3) is 2.17. The van der Waals surface area contributed by atoms with E-state index in [1.165, 1.54) is 17.4 Å². The summed E-state index contributed by atoms with van der Waals surface area (Å²) in [5.74, 6) is 0.227. The highest BCUT2D eigenvalue weighted by Gasteiger charge is 2.14. The summed E-state index contributed by atoms with van der Waals surface area (Å²) >= 11 is 7.21. The molecule has 4 rings (SSSR count). The molecule has 0 atom stereocenters. The summed E-state index contributed by atoms with van der Waals surface area (Å²) in [6.45, 7) is 0. The van der Waals surface area contributed by atoms with Crippen LogP contribution in [0.3, 0.4) is 0 Å². The number of aromatic nitrogens is 4. The molecule has 0 aliphatic rings. The third-order valence-electron chi connectivity index (χ3n) is 3.19. The Hall–Kier alpha value is -2.31. The summed E-state index contributed by atoms with van der Waals surface area (Å²) in [5.41, 5.74) is 1.69. The Balaban J connectivity index is 1.85. The summed E-state index contributed by atoms with van der Waals surface area (Å²) < 4.78 is 15.0. The molecule has 0 unspecified atom stereocenters. The average molecular weight is 331 g/mol. The first-order valence-corrected chi connectivity index (χ1v) is 7.65. The van der Waals surface area contributed by atoms with E-state index < -0.39 is 5.82 Å². The number of nitrogens with zero attached hydrogens (tertiary/aromatic N) is 4. The topological polar surface area (TPSA) is 43.1 Å². The summed E-state index contributed by atoms with van der Waals surface area (Å²) in [4.78, 5) is 0.675. The van der Waals surface area contributed by atoms with E-state index in [2.05, 4.69) is 15.3 Å². The fraction of sp³-hybridized carbons (Fsp3) is 0. The minimum Gasteiger partial charge on any atom is -0.205 e. The van der Waals surface area contributed by atoms with Crippen molar-refractivity contribution < 1.29 is 4.39 Å². The molecule has 4 aromatic rings. The molecule has 0 aliphatic heterocycles. The molecule has 0 fully saturated rings. The van der Waals surface area contributed by atoms with Gasteiger partial charge in [-0.25, -0.2) is 4.39 Å². The maximum absolute atomic E-state index is 13.3. The lowest BCUT2D eigenvalue weighted by Gasteiger charge is -1.98. The normalized spacial score (nSPS) is 11.2. The number of benzene rings is 2. The maximum atomic E-state index is 13.3. The number of fused-ring (bicyclic) bond motifs is 1. The van der Waals surface area contributed by atoms with Crippen molar-refractivity contribution in [3.63, 3.8) is 0 Å². The predicted octanol–water partition coefficient (Wildman–Crippen LogP) is 4.31. The van der Waals surface area contributed by atoms with Crippen LogP contribution in [-0.2, 0) is 0 Å². The molecule has 0 aliphatic carbocycles. The molecule has 0 saturated carbocycles. The van der Waals surface area contributed by atoms with Crippen molar-refractivity contribution >= 4 is 27.9 Å². The fourth-order valence-electron chi connectivity index (χ4n) is 2.13. The van der Waals surface area contributed by atoms with Crippen LogP contribution in [0.4, 0.5) is 4.39 Å². The molecule has 0 saturated heterocycles. The standard InChI is InChI=1S/C15H8ClFN4S/c16-11-8-10(6-7-12(11)17)14-20-21-13(18-19-15(21)22-14)9-4-2-1-3-5-9/h1-8H. The van der Waals surface area contributed by atoms with Gasteiger partial charge in [0, 0.05) is 11.1 Å². The number of rotatable bonds is 2. The van der Waals surface area contributed by atoms with Gasteiger partial charge >= 0.3 is 0 Å². The zero-order chi connectivity index (χ0) is 15.1. The molecule has 2 aromatic carbocycles. The van der Waals surface area contributed by atoms with Crippen molar-refractivity contribution in [3.05, 3.63) is 59.4 Å². The van der Waals surface area contributed by atoms with Crippen molar-refractivity contribution in [3.8, 4) is 22.0 Å². The minimum atomic E-state index is -0.446. The molecule has 7 heteroatoms. The number of hydrogen-bond acceptors (Lipinski definition) is 4. The number of halogens is 2. The lowest BCUT2D eigenvalue weighted by Crippen LogP contribution is -1.90. The van der Waals surface area contributed by atoms with Gasteiger partial charge < -0.3 is 0 Å². The molecule has 0 amide bonds. The molecule has 4 nitrogen and oxygen atoms in total. The Morgan fingerprint density at radius 1 is 1.00 bits per heavy atom. The molecular formula is C15H8ClFN4S. The highest BCUT2D eigenvalue weighted by Crippen LogP contribution is 2.30.